The highest BCUT2D eigenvalue weighted by Gasteiger charge is 2.65. The summed E-state index contributed by atoms with van der Waals surface area (Å²) < 4.78 is 49.7. The van der Waals surface area contributed by atoms with Crippen molar-refractivity contribution < 1.29 is 42.6 Å². The van der Waals surface area contributed by atoms with E-state index in [0.717, 1.165) is 4.57 Å². The first-order valence-electron chi connectivity index (χ1n) is 9.01. The highest BCUT2D eigenvalue weighted by molar-refractivity contribution is 7.71. The molecule has 0 bridgehead atoms. The first-order valence-corrected chi connectivity index (χ1v) is 10.9. The molecule has 1 saturated heterocycles. The van der Waals surface area contributed by atoms with Gasteiger partial charge in [-0.2, -0.15) is 0 Å². The number of halogens is 1. The van der Waals surface area contributed by atoms with Gasteiger partial charge in [0.15, 0.2) is 0 Å². The van der Waals surface area contributed by atoms with Gasteiger partial charge in [0.1, 0.15) is 30.4 Å². The minimum atomic E-state index is -4.26. The topological polar surface area (TPSA) is 159 Å². The third-order valence-corrected chi connectivity index (χ3v) is 6.59. The van der Waals surface area contributed by atoms with Crippen LogP contribution in [0.25, 0.3) is 0 Å². The molecule has 2 aromatic rings. The fourth-order valence-electron chi connectivity index (χ4n) is 3.35. The average Bonchev–Trinajstić information content (AvgIpc) is 2.94. The first kappa shape index (κ1) is 22.2. The van der Waals surface area contributed by atoms with Crippen molar-refractivity contribution in [2.45, 2.75) is 30.4 Å². The number of rotatable bonds is 5. The maximum atomic E-state index is 15.6. The summed E-state index contributed by atoms with van der Waals surface area (Å²) in [5, 5.41) is 30.8. The van der Waals surface area contributed by atoms with Crippen molar-refractivity contribution in [3.05, 3.63) is 46.9 Å². The van der Waals surface area contributed by atoms with Crippen LogP contribution in [-0.4, -0.2) is 56.1 Å². The normalized spacial score (nSPS) is 34.8. The number of phosphoric acid groups is 1. The number of alkyl halides is 1. The molecular formula is C17H19FN3O8PS. The molecule has 0 aliphatic carbocycles. The van der Waals surface area contributed by atoms with E-state index in [-0.39, 0.29) is 22.9 Å². The van der Waals surface area contributed by atoms with Gasteiger partial charge in [0.2, 0.25) is 10.5 Å². The van der Waals surface area contributed by atoms with E-state index < -0.39 is 44.8 Å². The van der Waals surface area contributed by atoms with E-state index in [9.17, 15) is 19.9 Å². The molecule has 0 spiro atoms. The summed E-state index contributed by atoms with van der Waals surface area (Å²) in [6, 6.07) is 7.88. The summed E-state index contributed by atoms with van der Waals surface area (Å²) in [6.45, 7) is -2.25. The summed E-state index contributed by atoms with van der Waals surface area (Å²) in [6.07, 6.45) is -3.00. The molecule has 5 atom stereocenters. The molecule has 0 saturated carbocycles. The zero-order chi connectivity index (χ0) is 22.4. The number of aliphatic hydroxyl groups is 3. The van der Waals surface area contributed by atoms with Crippen molar-refractivity contribution in [1.29, 1.82) is 0 Å². The molecule has 0 amide bonds. The highest BCUT2D eigenvalue weighted by atomic mass is 32.1. The van der Waals surface area contributed by atoms with Gasteiger partial charge in [-0.05, 0) is 24.4 Å². The second-order valence-corrected chi connectivity index (χ2v) is 8.94. The number of para-hydroxylation sites is 1. The van der Waals surface area contributed by atoms with E-state index >= 15 is 4.39 Å². The van der Waals surface area contributed by atoms with Gasteiger partial charge < -0.3 is 30.3 Å². The Morgan fingerprint density at radius 1 is 1.35 bits per heavy atom. The second-order valence-electron chi connectivity index (χ2n) is 6.98. The Bertz CT molecular complexity index is 1110. The number of ether oxygens (including phenoxy) is 1. The van der Waals surface area contributed by atoms with Gasteiger partial charge in [0.05, 0.1) is 13.2 Å². The van der Waals surface area contributed by atoms with E-state index in [4.69, 9.17) is 36.3 Å². The molecular weight excluding hydrogens is 456 g/mol. The number of phosphoric ester groups is 1. The van der Waals surface area contributed by atoms with Gasteiger partial charge in [0.25, 0.3) is 5.85 Å². The molecule has 1 aromatic heterocycles. The van der Waals surface area contributed by atoms with Crippen LogP contribution < -0.4 is 10.3 Å². The van der Waals surface area contributed by atoms with E-state index in [1.54, 1.807) is 18.2 Å². The van der Waals surface area contributed by atoms with Crippen molar-refractivity contribution >= 4 is 25.9 Å². The zero-order valence-electron chi connectivity index (χ0n) is 15.8. The molecule has 2 aliphatic heterocycles. The van der Waals surface area contributed by atoms with Gasteiger partial charge in [-0.25, -0.2) is 13.9 Å². The lowest BCUT2D eigenvalue weighted by atomic mass is 10.0. The van der Waals surface area contributed by atoms with Crippen molar-refractivity contribution in [3.8, 4) is 5.75 Å². The number of nitrogen functional groups attached to an aromatic ring is 1. The van der Waals surface area contributed by atoms with Crippen LogP contribution in [0, 0.1) is 4.77 Å². The Morgan fingerprint density at radius 2 is 2.10 bits per heavy atom. The molecule has 31 heavy (non-hydrogen) atoms. The van der Waals surface area contributed by atoms with Gasteiger partial charge in [0, 0.05) is 11.8 Å². The van der Waals surface area contributed by atoms with Crippen LogP contribution >= 0.6 is 20.0 Å². The summed E-state index contributed by atoms with van der Waals surface area (Å²) >= 11 is 5.05. The molecule has 1 fully saturated rings. The van der Waals surface area contributed by atoms with Crippen LogP contribution in [0.5, 0.6) is 5.75 Å². The Morgan fingerprint density at radius 3 is 2.81 bits per heavy atom. The Kier molecular flexibility index (Phi) is 5.65. The van der Waals surface area contributed by atoms with Crippen LogP contribution in [0.15, 0.2) is 36.5 Å². The molecule has 4 rings (SSSR count). The third kappa shape index (κ3) is 3.77. The fourth-order valence-corrected chi connectivity index (χ4v) is 4.90. The molecule has 14 heteroatoms. The SMILES string of the molecule is Nc1ccn([C@]2(CO)O[C@](F)(COP3(=O)OCc4ccccc4O3)[C@@H](O)[C@H]2O)c(=S)n1. The van der Waals surface area contributed by atoms with Crippen LogP contribution in [0.3, 0.4) is 0 Å². The number of nitrogens with zero attached hydrogens (tertiary/aromatic N) is 2. The fraction of sp³-hybridized carbons (Fsp3) is 0.412. The minimum Gasteiger partial charge on any atom is -0.404 e. The highest BCUT2D eigenvalue weighted by Crippen LogP contribution is 2.56. The average molecular weight is 475 g/mol. The number of hydrogen-bond donors (Lipinski definition) is 4. The van der Waals surface area contributed by atoms with Crippen LogP contribution in [0.4, 0.5) is 10.2 Å². The van der Waals surface area contributed by atoms with E-state index in [2.05, 4.69) is 4.98 Å². The number of aliphatic hydroxyl groups excluding tert-OH is 3. The lowest BCUT2D eigenvalue weighted by Crippen LogP contribution is -2.49. The van der Waals surface area contributed by atoms with Crippen molar-refractivity contribution in [2.75, 3.05) is 18.9 Å². The van der Waals surface area contributed by atoms with Crippen LogP contribution in [-0.2, 0) is 30.7 Å². The zero-order valence-corrected chi connectivity index (χ0v) is 17.5. The summed E-state index contributed by atoms with van der Waals surface area (Å²) in [5.74, 6) is -2.83. The maximum Gasteiger partial charge on any atom is 0.530 e. The molecule has 11 nitrogen and oxygen atoms in total. The minimum absolute atomic E-state index is 0.0437. The molecule has 1 aromatic carbocycles. The molecule has 3 heterocycles. The first-order chi connectivity index (χ1) is 14.6. The molecule has 2 aliphatic rings. The summed E-state index contributed by atoms with van der Waals surface area (Å²) in [4.78, 5) is 3.80. The number of fused-ring (bicyclic) bond motifs is 1. The number of hydrogen-bond acceptors (Lipinski definition) is 11. The predicted molar refractivity (Wildman–Crippen MR) is 105 cm³/mol. The number of anilines is 1. The number of aromatic nitrogens is 2. The van der Waals surface area contributed by atoms with Crippen molar-refractivity contribution in [2.24, 2.45) is 0 Å². The smallest absolute Gasteiger partial charge is 0.404 e. The summed E-state index contributed by atoms with van der Waals surface area (Å²) in [5.41, 5.74) is 3.92. The third-order valence-electron chi connectivity index (χ3n) is 4.99. The molecule has 0 radical (unpaired) electrons. The molecule has 1 unspecified atom stereocenters. The Labute approximate surface area is 180 Å². The van der Waals surface area contributed by atoms with Gasteiger partial charge in [-0.3, -0.25) is 13.6 Å². The van der Waals surface area contributed by atoms with Crippen molar-refractivity contribution in [1.82, 2.24) is 9.55 Å². The van der Waals surface area contributed by atoms with Crippen molar-refractivity contribution in [3.63, 3.8) is 0 Å². The monoisotopic (exact) mass is 475 g/mol. The van der Waals surface area contributed by atoms with Crippen LogP contribution in [0.1, 0.15) is 5.56 Å². The number of nitrogens with two attached hydrogens (primary N) is 1. The maximum absolute atomic E-state index is 15.6. The predicted octanol–water partition coefficient (Wildman–Crippen LogP) is 0.992. The van der Waals surface area contributed by atoms with Gasteiger partial charge in [-0.15, -0.1) is 0 Å². The number of benzene rings is 1. The quantitative estimate of drug-likeness (QED) is 0.361. The Balaban J connectivity index is 1.58. The Hall–Kier alpha value is -1.96. The largest absolute Gasteiger partial charge is 0.530 e. The molecule has 168 valence electrons. The lowest BCUT2D eigenvalue weighted by molar-refractivity contribution is -0.254. The lowest BCUT2D eigenvalue weighted by Gasteiger charge is -2.33. The van der Waals surface area contributed by atoms with E-state index in [1.165, 1.54) is 18.3 Å². The molecule has 5 N–H and O–H groups in total. The second kappa shape index (κ2) is 7.87. The van der Waals surface area contributed by atoms with Crippen LogP contribution in [0.2, 0.25) is 0 Å². The standard InChI is InChI=1S/C17H19FN3O8PS/c18-16(9-27-30(25)26-7-10-3-1-2-4-11(10)28-30)13(23)14(24)17(8-22,29-16)21-6-5-12(19)20-15(21)31/h1-6,13-14,22-24H,7-9H2,(H2,19,20,31)/t13-,14+,16+,17+,30?/m0/s1. The van der Waals surface area contributed by atoms with E-state index in [0.29, 0.717) is 5.56 Å². The van der Waals surface area contributed by atoms with E-state index in [1.807, 2.05) is 0 Å². The van der Waals surface area contributed by atoms with Gasteiger partial charge >= 0.3 is 7.82 Å². The van der Waals surface area contributed by atoms with Gasteiger partial charge in [-0.1, -0.05) is 18.2 Å². The summed E-state index contributed by atoms with van der Waals surface area (Å²) in [7, 11) is -4.26.